The Labute approximate surface area is 135 Å². The smallest absolute Gasteiger partial charge is 0.308 e. The van der Waals surface area contributed by atoms with E-state index in [1.807, 2.05) is 22.6 Å². The highest BCUT2D eigenvalue weighted by Crippen LogP contribution is 2.48. The van der Waals surface area contributed by atoms with Crippen LogP contribution in [0.5, 0.6) is 0 Å². The van der Waals surface area contributed by atoms with Crippen molar-refractivity contribution >= 4 is 34.5 Å². The summed E-state index contributed by atoms with van der Waals surface area (Å²) in [6.45, 7) is 0. The molecule has 2 bridgehead atoms. The second-order valence-electron chi connectivity index (χ2n) is 5.82. The summed E-state index contributed by atoms with van der Waals surface area (Å²) in [5.41, 5.74) is 0.393. The molecule has 2 N–H and O–H groups in total. The number of hydrogen-bond donors (Lipinski definition) is 2. The molecule has 112 valence electrons. The Kier molecular flexibility index (Phi) is 3.90. The third kappa shape index (κ3) is 2.65. The maximum Gasteiger partial charge on any atom is 0.308 e. The number of aliphatic carboxylic acids is 1. The fourth-order valence-electron chi connectivity index (χ4n) is 3.76. The van der Waals surface area contributed by atoms with Gasteiger partial charge in [0.15, 0.2) is 0 Å². The molecule has 0 radical (unpaired) electrons. The molecule has 4 unspecified atom stereocenters. The predicted molar refractivity (Wildman–Crippen MR) is 82.3 cm³/mol. The number of carbonyl (C=O) groups excluding carboxylic acids is 1. The Hall–Kier alpha value is -1.18. The van der Waals surface area contributed by atoms with E-state index in [-0.39, 0.29) is 29.6 Å². The summed E-state index contributed by atoms with van der Waals surface area (Å²) < 4.78 is 13.6. The van der Waals surface area contributed by atoms with E-state index < -0.39 is 11.9 Å². The lowest BCUT2D eigenvalue weighted by Gasteiger charge is -2.29. The second-order valence-corrected chi connectivity index (χ2v) is 6.98. The highest BCUT2D eigenvalue weighted by molar-refractivity contribution is 14.1. The molecule has 4 nitrogen and oxygen atoms in total. The van der Waals surface area contributed by atoms with Gasteiger partial charge in [0, 0.05) is 9.61 Å². The Morgan fingerprint density at radius 1 is 1.29 bits per heavy atom. The zero-order valence-electron chi connectivity index (χ0n) is 11.2. The first-order valence-electron chi connectivity index (χ1n) is 6.96. The molecule has 0 saturated heterocycles. The first-order chi connectivity index (χ1) is 9.97. The molecular formula is C15H15FINO3. The highest BCUT2D eigenvalue weighted by Gasteiger charge is 2.51. The van der Waals surface area contributed by atoms with Gasteiger partial charge in [-0.3, -0.25) is 9.59 Å². The van der Waals surface area contributed by atoms with Gasteiger partial charge in [-0.1, -0.05) is 0 Å². The minimum Gasteiger partial charge on any atom is -0.481 e. The topological polar surface area (TPSA) is 66.4 Å². The maximum atomic E-state index is 13.1. The molecule has 3 rings (SSSR count). The van der Waals surface area contributed by atoms with E-state index in [1.54, 1.807) is 0 Å². The molecule has 6 heteroatoms. The quantitative estimate of drug-likeness (QED) is 0.763. The number of carboxylic acid groups (broad SMARTS) is 1. The first kappa shape index (κ1) is 14.7. The number of halogens is 2. The third-order valence-electron chi connectivity index (χ3n) is 4.68. The largest absolute Gasteiger partial charge is 0.481 e. The van der Waals surface area contributed by atoms with Gasteiger partial charge in [-0.15, -0.1) is 0 Å². The molecule has 1 amide bonds. The van der Waals surface area contributed by atoms with Crippen molar-refractivity contribution in [3.05, 3.63) is 33.1 Å². The van der Waals surface area contributed by atoms with Crippen LogP contribution in [-0.4, -0.2) is 23.0 Å². The Morgan fingerprint density at radius 3 is 2.67 bits per heavy atom. The minimum atomic E-state index is -0.832. The van der Waals surface area contributed by atoms with E-state index in [2.05, 4.69) is 5.32 Å². The van der Waals surface area contributed by atoms with Crippen LogP contribution in [0, 0.1) is 27.1 Å². The molecule has 4 atom stereocenters. The number of hydrogen-bond acceptors (Lipinski definition) is 2. The zero-order valence-corrected chi connectivity index (χ0v) is 13.3. The van der Waals surface area contributed by atoms with Crippen LogP contribution in [0.1, 0.15) is 29.6 Å². The van der Waals surface area contributed by atoms with Crippen LogP contribution in [0.15, 0.2) is 18.2 Å². The fourth-order valence-corrected chi connectivity index (χ4v) is 4.48. The van der Waals surface area contributed by atoms with Crippen molar-refractivity contribution in [3.63, 3.8) is 0 Å². The van der Waals surface area contributed by atoms with E-state index in [4.69, 9.17) is 0 Å². The molecule has 2 saturated carbocycles. The Morgan fingerprint density at radius 2 is 2.00 bits per heavy atom. The summed E-state index contributed by atoms with van der Waals surface area (Å²) in [6, 6.07) is 3.67. The average molecular weight is 403 g/mol. The van der Waals surface area contributed by atoms with Gasteiger partial charge < -0.3 is 10.4 Å². The third-order valence-corrected chi connectivity index (χ3v) is 5.57. The minimum absolute atomic E-state index is 0.171. The predicted octanol–water partition coefficient (Wildman–Crippen LogP) is 2.66. The van der Waals surface area contributed by atoms with E-state index in [9.17, 15) is 19.1 Å². The lowest BCUT2D eigenvalue weighted by molar-refractivity contribution is -0.144. The van der Waals surface area contributed by atoms with Crippen LogP contribution < -0.4 is 5.32 Å². The van der Waals surface area contributed by atoms with Crippen molar-refractivity contribution in [3.8, 4) is 0 Å². The number of nitrogens with one attached hydrogen (secondary N) is 1. The number of amides is 1. The first-order valence-corrected chi connectivity index (χ1v) is 8.04. The van der Waals surface area contributed by atoms with Crippen molar-refractivity contribution < 1.29 is 19.1 Å². The summed E-state index contributed by atoms with van der Waals surface area (Å²) >= 11 is 1.91. The zero-order chi connectivity index (χ0) is 15.1. The van der Waals surface area contributed by atoms with Crippen LogP contribution in [0.3, 0.4) is 0 Å². The SMILES string of the molecule is O=C(NC1C2CCC(C2)C1C(=O)O)c1ccc(F)cc1I. The molecule has 2 aliphatic carbocycles. The Balaban J connectivity index is 1.79. The second kappa shape index (κ2) is 5.55. The van der Waals surface area contributed by atoms with Gasteiger partial charge in [-0.05, 0) is 71.9 Å². The van der Waals surface area contributed by atoms with Crippen molar-refractivity contribution in [2.75, 3.05) is 0 Å². The molecular weight excluding hydrogens is 388 g/mol. The molecule has 0 spiro atoms. The van der Waals surface area contributed by atoms with Crippen molar-refractivity contribution in [1.29, 1.82) is 0 Å². The summed E-state index contributed by atoms with van der Waals surface area (Å²) in [4.78, 5) is 23.8. The molecule has 0 heterocycles. The summed E-state index contributed by atoms with van der Waals surface area (Å²) in [5, 5.41) is 12.2. The molecule has 1 aromatic rings. The lowest BCUT2D eigenvalue weighted by atomic mass is 9.84. The van der Waals surface area contributed by atoms with Gasteiger partial charge in [0.1, 0.15) is 5.82 Å². The van der Waals surface area contributed by atoms with E-state index in [1.165, 1.54) is 18.2 Å². The number of carbonyl (C=O) groups is 2. The fraction of sp³-hybridized carbons (Fsp3) is 0.467. The van der Waals surface area contributed by atoms with Crippen LogP contribution in [0.4, 0.5) is 4.39 Å². The Bertz CT molecular complexity index is 607. The molecule has 0 aromatic heterocycles. The molecule has 2 aliphatic rings. The van der Waals surface area contributed by atoms with Gasteiger partial charge in [0.25, 0.3) is 5.91 Å². The molecule has 21 heavy (non-hydrogen) atoms. The molecule has 1 aromatic carbocycles. The van der Waals surface area contributed by atoms with Gasteiger partial charge in [0.05, 0.1) is 11.5 Å². The van der Waals surface area contributed by atoms with Crippen molar-refractivity contribution in [1.82, 2.24) is 5.32 Å². The van der Waals surface area contributed by atoms with E-state index in [0.717, 1.165) is 19.3 Å². The lowest BCUT2D eigenvalue weighted by Crippen LogP contribution is -2.47. The number of carboxylic acids is 1. The van der Waals surface area contributed by atoms with E-state index >= 15 is 0 Å². The summed E-state index contributed by atoms with van der Waals surface area (Å²) in [7, 11) is 0. The van der Waals surface area contributed by atoms with Crippen molar-refractivity contribution in [2.45, 2.75) is 25.3 Å². The maximum absolute atomic E-state index is 13.1. The van der Waals surface area contributed by atoms with Gasteiger partial charge in [0.2, 0.25) is 0 Å². The number of fused-ring (bicyclic) bond motifs is 2. The van der Waals surface area contributed by atoms with Crippen LogP contribution in [0.2, 0.25) is 0 Å². The number of benzene rings is 1. The molecule has 0 aliphatic heterocycles. The van der Waals surface area contributed by atoms with Crippen molar-refractivity contribution in [2.24, 2.45) is 17.8 Å². The highest BCUT2D eigenvalue weighted by atomic mass is 127. The normalized spacial score (nSPS) is 30.4. The van der Waals surface area contributed by atoms with Crippen LogP contribution in [0.25, 0.3) is 0 Å². The molecule has 2 fully saturated rings. The number of rotatable bonds is 3. The standard InChI is InChI=1S/C15H15FINO3/c16-9-3-4-10(11(17)6-9)14(19)18-13-8-2-1-7(5-8)12(13)15(20)21/h3-4,6-8,12-13H,1-2,5H2,(H,18,19)(H,20,21). The van der Waals surface area contributed by atoms with Gasteiger partial charge >= 0.3 is 5.97 Å². The van der Waals surface area contributed by atoms with Gasteiger partial charge in [-0.25, -0.2) is 4.39 Å². The van der Waals surface area contributed by atoms with Crippen LogP contribution >= 0.6 is 22.6 Å². The van der Waals surface area contributed by atoms with Crippen LogP contribution in [-0.2, 0) is 4.79 Å². The summed E-state index contributed by atoms with van der Waals surface area (Å²) in [5.74, 6) is -1.61. The summed E-state index contributed by atoms with van der Waals surface area (Å²) in [6.07, 6.45) is 2.78. The van der Waals surface area contributed by atoms with Gasteiger partial charge in [-0.2, -0.15) is 0 Å². The average Bonchev–Trinajstić information content (AvgIpc) is 2.98. The van der Waals surface area contributed by atoms with E-state index in [0.29, 0.717) is 9.13 Å². The monoisotopic (exact) mass is 403 g/mol.